The van der Waals surface area contributed by atoms with Crippen LogP contribution in [-0.4, -0.2) is 31.6 Å². The van der Waals surface area contributed by atoms with E-state index in [4.69, 9.17) is 0 Å². The summed E-state index contributed by atoms with van der Waals surface area (Å²) in [6, 6.07) is 18.5. The molecular formula is C31H25F3N6O2. The van der Waals surface area contributed by atoms with Crippen molar-refractivity contribution in [2.75, 3.05) is 5.32 Å². The lowest BCUT2D eigenvalue weighted by molar-refractivity contribution is 0.0936. The Balaban J connectivity index is 1.30. The molecule has 0 fully saturated rings. The van der Waals surface area contributed by atoms with E-state index in [-0.39, 0.29) is 23.8 Å². The van der Waals surface area contributed by atoms with E-state index in [9.17, 15) is 22.8 Å². The molecule has 0 atom stereocenters. The van der Waals surface area contributed by atoms with Crippen LogP contribution in [0.1, 0.15) is 37.8 Å². The summed E-state index contributed by atoms with van der Waals surface area (Å²) in [5.74, 6) is -6.49. The molecule has 0 bridgehead atoms. The number of aromatic nitrogens is 4. The normalized spacial score (nSPS) is 10.9. The summed E-state index contributed by atoms with van der Waals surface area (Å²) < 4.78 is 44.5. The van der Waals surface area contributed by atoms with Crippen LogP contribution in [0.4, 0.5) is 19.0 Å². The maximum Gasteiger partial charge on any atom is 0.287 e. The number of amides is 2. The number of nitrogens with one attached hydrogen (secondary N) is 2. The number of nitrogens with zero attached hydrogens (tertiary/aromatic N) is 4. The zero-order valence-electron chi connectivity index (χ0n) is 22.9. The van der Waals surface area contributed by atoms with Gasteiger partial charge in [0, 0.05) is 30.9 Å². The van der Waals surface area contributed by atoms with Gasteiger partial charge in [0.2, 0.25) is 5.82 Å². The summed E-state index contributed by atoms with van der Waals surface area (Å²) in [6.07, 6.45) is 1.35. The first-order chi connectivity index (χ1) is 20.1. The van der Waals surface area contributed by atoms with Gasteiger partial charge < -0.3 is 15.2 Å². The topological polar surface area (TPSA) is 102 Å². The molecule has 2 amide bonds. The highest BCUT2D eigenvalue weighted by atomic mass is 19.2. The molecule has 0 saturated heterocycles. The van der Waals surface area contributed by atoms with Crippen molar-refractivity contribution in [1.82, 2.24) is 25.1 Å². The molecule has 3 aromatic carbocycles. The zero-order chi connectivity index (χ0) is 30.0. The molecule has 0 saturated carbocycles. The molecule has 11 heteroatoms. The van der Waals surface area contributed by atoms with Crippen molar-refractivity contribution in [1.29, 1.82) is 0 Å². The fourth-order valence-electron chi connectivity index (χ4n) is 4.30. The second kappa shape index (κ2) is 11.7. The van der Waals surface area contributed by atoms with Crippen LogP contribution in [0.3, 0.4) is 0 Å². The van der Waals surface area contributed by atoms with E-state index >= 15 is 0 Å². The first-order valence-corrected chi connectivity index (χ1v) is 12.9. The van der Waals surface area contributed by atoms with Crippen LogP contribution in [-0.2, 0) is 13.6 Å². The second-order valence-electron chi connectivity index (χ2n) is 9.73. The van der Waals surface area contributed by atoms with Gasteiger partial charge in [-0.2, -0.15) is 10.2 Å². The molecule has 2 aromatic heterocycles. The van der Waals surface area contributed by atoms with E-state index in [1.807, 2.05) is 50.2 Å². The Labute approximate surface area is 239 Å². The predicted molar refractivity (Wildman–Crippen MR) is 151 cm³/mol. The van der Waals surface area contributed by atoms with E-state index in [0.29, 0.717) is 5.56 Å². The maximum absolute atomic E-state index is 14.9. The molecule has 0 aliphatic heterocycles. The van der Waals surface area contributed by atoms with Gasteiger partial charge in [0.25, 0.3) is 11.8 Å². The van der Waals surface area contributed by atoms with E-state index in [1.165, 1.54) is 10.8 Å². The van der Waals surface area contributed by atoms with Gasteiger partial charge in [0.05, 0.1) is 17.0 Å². The molecule has 42 heavy (non-hydrogen) atoms. The largest absolute Gasteiger partial charge is 0.345 e. The molecule has 5 aromatic rings. The van der Waals surface area contributed by atoms with Gasteiger partial charge in [-0.05, 0) is 43.2 Å². The van der Waals surface area contributed by atoms with Crippen LogP contribution in [0.25, 0.3) is 22.4 Å². The number of carbonyl (C=O) groups is 2. The Morgan fingerprint density at radius 1 is 0.833 bits per heavy atom. The maximum atomic E-state index is 14.9. The number of benzene rings is 3. The Kier molecular flexibility index (Phi) is 7.83. The molecule has 0 aliphatic rings. The van der Waals surface area contributed by atoms with Gasteiger partial charge in [0.1, 0.15) is 0 Å². The summed E-state index contributed by atoms with van der Waals surface area (Å²) in [5.41, 5.74) is 3.66. The third kappa shape index (κ3) is 5.90. The fraction of sp³-hybridized carbons (Fsp3) is 0.129. The number of hydrogen-bond acceptors (Lipinski definition) is 5. The van der Waals surface area contributed by atoms with Crippen molar-refractivity contribution in [3.63, 3.8) is 0 Å². The second-order valence-corrected chi connectivity index (χ2v) is 9.73. The number of imidazole rings is 1. The number of hydrogen-bond donors (Lipinski definition) is 2. The average Bonchev–Trinajstić information content (AvgIpc) is 3.35. The van der Waals surface area contributed by atoms with Gasteiger partial charge in [-0.15, -0.1) is 0 Å². The molecule has 5 rings (SSSR count). The van der Waals surface area contributed by atoms with Crippen molar-refractivity contribution in [2.45, 2.75) is 20.4 Å². The molecule has 212 valence electrons. The Hall–Kier alpha value is -5.32. The third-order valence-electron chi connectivity index (χ3n) is 6.57. The SMILES string of the molecule is Cc1ccc(-c2cc(F)c(F)c(F)c2C(=O)Nc2cn(C)c(C(=O)NCc3ccc(-c4ccc(C)nn4)cc3)n2)cc1. The summed E-state index contributed by atoms with van der Waals surface area (Å²) in [4.78, 5) is 30.1. The molecule has 0 radical (unpaired) electrons. The third-order valence-corrected chi connectivity index (χ3v) is 6.57. The molecule has 2 N–H and O–H groups in total. The minimum Gasteiger partial charge on any atom is -0.345 e. The number of rotatable bonds is 7. The highest BCUT2D eigenvalue weighted by molar-refractivity contribution is 6.08. The van der Waals surface area contributed by atoms with Gasteiger partial charge in [-0.1, -0.05) is 54.1 Å². The van der Waals surface area contributed by atoms with Gasteiger partial charge in [-0.3, -0.25) is 9.59 Å². The van der Waals surface area contributed by atoms with Crippen LogP contribution >= 0.6 is 0 Å². The lowest BCUT2D eigenvalue weighted by atomic mass is 9.97. The Morgan fingerprint density at radius 3 is 2.19 bits per heavy atom. The number of carbonyl (C=O) groups excluding carboxylic acids is 2. The molecular weight excluding hydrogens is 545 g/mol. The fourth-order valence-corrected chi connectivity index (χ4v) is 4.30. The monoisotopic (exact) mass is 570 g/mol. The quantitative estimate of drug-likeness (QED) is 0.242. The highest BCUT2D eigenvalue weighted by Crippen LogP contribution is 2.30. The van der Waals surface area contributed by atoms with Crippen LogP contribution in [0, 0.1) is 31.3 Å². The van der Waals surface area contributed by atoms with E-state index in [0.717, 1.165) is 34.1 Å². The van der Waals surface area contributed by atoms with Crippen molar-refractivity contribution < 1.29 is 22.8 Å². The minimum atomic E-state index is -1.77. The van der Waals surface area contributed by atoms with Crippen molar-refractivity contribution in [3.8, 4) is 22.4 Å². The van der Waals surface area contributed by atoms with E-state index in [1.54, 1.807) is 31.3 Å². The molecule has 2 heterocycles. The van der Waals surface area contributed by atoms with Crippen molar-refractivity contribution in [2.24, 2.45) is 7.05 Å². The number of halogens is 3. The Bertz CT molecular complexity index is 1780. The first kappa shape index (κ1) is 28.2. The number of anilines is 1. The predicted octanol–water partition coefficient (Wildman–Crippen LogP) is 5.76. The van der Waals surface area contributed by atoms with Crippen molar-refractivity contribution in [3.05, 3.63) is 119 Å². The van der Waals surface area contributed by atoms with Crippen LogP contribution in [0.15, 0.2) is 72.9 Å². The zero-order valence-corrected chi connectivity index (χ0v) is 22.9. The lowest BCUT2D eigenvalue weighted by Gasteiger charge is -2.12. The summed E-state index contributed by atoms with van der Waals surface area (Å²) in [6.45, 7) is 3.89. The summed E-state index contributed by atoms with van der Waals surface area (Å²) in [5, 5.41) is 13.4. The Morgan fingerprint density at radius 2 is 1.52 bits per heavy atom. The smallest absolute Gasteiger partial charge is 0.287 e. The van der Waals surface area contributed by atoms with Gasteiger partial charge in [0.15, 0.2) is 23.3 Å². The van der Waals surface area contributed by atoms with Gasteiger partial charge in [-0.25, -0.2) is 18.2 Å². The molecule has 0 unspecified atom stereocenters. The number of aryl methyl sites for hydroxylation is 3. The van der Waals surface area contributed by atoms with Gasteiger partial charge >= 0.3 is 0 Å². The highest BCUT2D eigenvalue weighted by Gasteiger charge is 2.26. The summed E-state index contributed by atoms with van der Waals surface area (Å²) >= 11 is 0. The van der Waals surface area contributed by atoms with E-state index < -0.39 is 34.8 Å². The standard InChI is InChI=1S/C31H25F3N6O2/c1-17-4-9-20(10-5-17)22-14-23(32)27(33)28(34)26(22)30(41)37-25-16-40(3)29(36-25)31(42)35-15-19-7-11-21(12-8-19)24-13-6-18(2)38-39-24/h4-14,16H,15H2,1-3H3,(H,35,42)(H,37,41). The molecule has 8 nitrogen and oxygen atoms in total. The minimum absolute atomic E-state index is 0.0265. The summed E-state index contributed by atoms with van der Waals surface area (Å²) in [7, 11) is 1.55. The molecule has 0 spiro atoms. The van der Waals surface area contributed by atoms with Crippen LogP contribution < -0.4 is 10.6 Å². The first-order valence-electron chi connectivity index (χ1n) is 12.9. The van der Waals surface area contributed by atoms with Crippen molar-refractivity contribution >= 4 is 17.6 Å². The van der Waals surface area contributed by atoms with Crippen LogP contribution in [0.5, 0.6) is 0 Å². The van der Waals surface area contributed by atoms with E-state index in [2.05, 4.69) is 25.8 Å². The van der Waals surface area contributed by atoms with Crippen LogP contribution in [0.2, 0.25) is 0 Å². The molecule has 0 aliphatic carbocycles. The lowest BCUT2D eigenvalue weighted by Crippen LogP contribution is -2.25. The average molecular weight is 571 g/mol.